The number of nitrogens with one attached hydrogen (secondary N) is 1. The zero-order chi connectivity index (χ0) is 25.5. The molecule has 2 aromatic heterocycles. The Kier molecular flexibility index (Phi) is 22.7. The molecule has 0 saturated heterocycles. The Morgan fingerprint density at radius 2 is 1.73 bits per heavy atom. The van der Waals surface area contributed by atoms with E-state index in [0.717, 1.165) is 25.2 Å². The van der Waals surface area contributed by atoms with E-state index in [0.29, 0.717) is 0 Å². The van der Waals surface area contributed by atoms with Crippen LogP contribution in [0.1, 0.15) is 83.0 Å². The lowest BCUT2D eigenvalue weighted by molar-refractivity contribution is 0.315. The summed E-state index contributed by atoms with van der Waals surface area (Å²) in [6.07, 6.45) is 8.14. The number of aromatic nitrogens is 2. The maximum Gasteiger partial charge on any atom is 0.122 e. The third-order valence-corrected chi connectivity index (χ3v) is 4.74. The maximum atomic E-state index is 5.54. The van der Waals surface area contributed by atoms with E-state index in [1.807, 2.05) is 51.3 Å². The van der Waals surface area contributed by atoms with Crippen molar-refractivity contribution in [3.05, 3.63) is 82.1 Å². The van der Waals surface area contributed by atoms with Gasteiger partial charge in [-0.2, -0.15) is 0 Å². The normalized spacial score (nSPS) is 8.88. The smallest absolute Gasteiger partial charge is 0.122 e. The van der Waals surface area contributed by atoms with Crippen LogP contribution >= 0.6 is 11.3 Å². The quantitative estimate of drug-likeness (QED) is 0.363. The summed E-state index contributed by atoms with van der Waals surface area (Å²) in [6.45, 7) is 22.9. The van der Waals surface area contributed by atoms with E-state index >= 15 is 0 Å². The van der Waals surface area contributed by atoms with Gasteiger partial charge in [-0.05, 0) is 70.0 Å². The van der Waals surface area contributed by atoms with Gasteiger partial charge >= 0.3 is 0 Å². The van der Waals surface area contributed by atoms with Crippen LogP contribution < -0.4 is 4.74 Å². The number of benzene rings is 1. The first-order valence-corrected chi connectivity index (χ1v) is 13.0. The molecule has 3 aromatic rings. The number of aromatic amines is 1. The number of hydrogen-bond acceptors (Lipinski definition) is 3. The van der Waals surface area contributed by atoms with E-state index in [1.54, 1.807) is 6.33 Å². The lowest BCUT2D eigenvalue weighted by atomic mass is 10.1. The average Bonchev–Trinajstić information content (AvgIpc) is 3.50. The number of thiophene rings is 1. The summed E-state index contributed by atoms with van der Waals surface area (Å²) < 4.78 is 5.54. The van der Waals surface area contributed by atoms with Gasteiger partial charge in [0.15, 0.2) is 0 Å². The fourth-order valence-electron chi connectivity index (χ4n) is 2.35. The molecule has 1 aromatic carbocycles. The first kappa shape index (κ1) is 32.8. The van der Waals surface area contributed by atoms with Gasteiger partial charge in [0.25, 0.3) is 0 Å². The minimum atomic E-state index is 0.809. The molecule has 0 unspecified atom stereocenters. The standard InChI is InChI=1S/C11H16O.C7H10S.C5H8N2.C4H8.C2H6/c1-4-7-12-11-6-5-9(2)8-10(11)3;1-2-4-7-5-3-6-8-7;1-2-5-3-6-4-7-5;1-4(2)3;1-2/h5-6,8H,4,7H2,1-3H3;3,5-6H,2,4H2,1H3;3-4H,2H2,1H3,(H,6,7);1H2,2-3H3;1-2H3. The molecular weight excluding hydrogens is 424 g/mol. The molecule has 4 heteroatoms. The monoisotopic (exact) mass is 472 g/mol. The Labute approximate surface area is 208 Å². The Balaban J connectivity index is 0. The molecule has 0 bridgehead atoms. The van der Waals surface area contributed by atoms with E-state index in [4.69, 9.17) is 4.74 Å². The van der Waals surface area contributed by atoms with Gasteiger partial charge in [0, 0.05) is 16.8 Å². The summed E-state index contributed by atoms with van der Waals surface area (Å²) in [7, 11) is 0. The van der Waals surface area contributed by atoms with Crippen LogP contribution in [0.5, 0.6) is 5.75 Å². The highest BCUT2D eigenvalue weighted by Crippen LogP contribution is 2.18. The summed E-state index contributed by atoms with van der Waals surface area (Å²) in [5, 5.41) is 2.13. The van der Waals surface area contributed by atoms with Gasteiger partial charge in [0.05, 0.1) is 12.9 Å². The zero-order valence-corrected chi connectivity index (χ0v) is 23.4. The van der Waals surface area contributed by atoms with Crippen molar-refractivity contribution in [2.75, 3.05) is 6.61 Å². The molecule has 3 rings (SSSR count). The molecule has 0 amide bonds. The highest BCUT2D eigenvalue weighted by atomic mass is 32.1. The van der Waals surface area contributed by atoms with E-state index in [1.165, 1.54) is 40.1 Å². The molecule has 0 aliphatic heterocycles. The largest absolute Gasteiger partial charge is 0.493 e. The third-order valence-electron chi connectivity index (χ3n) is 3.80. The summed E-state index contributed by atoms with van der Waals surface area (Å²) >= 11 is 1.85. The minimum Gasteiger partial charge on any atom is -0.493 e. The molecule has 2 heterocycles. The number of allylic oxidation sites excluding steroid dienone is 1. The van der Waals surface area contributed by atoms with Crippen molar-refractivity contribution in [3.63, 3.8) is 0 Å². The Hall–Kier alpha value is -2.33. The van der Waals surface area contributed by atoms with Gasteiger partial charge in [-0.1, -0.05) is 70.4 Å². The molecule has 3 nitrogen and oxygen atoms in total. The van der Waals surface area contributed by atoms with Crippen LogP contribution in [0.15, 0.2) is 60.4 Å². The number of aryl methyl sites for hydroxylation is 4. The van der Waals surface area contributed by atoms with Gasteiger partial charge in [0.1, 0.15) is 5.75 Å². The SMILES string of the molecule is C=C(C)C.CC.CCCOc1ccc(C)cc1C.CCCc1cccs1.CCc1cnc[nH]1. The number of rotatable bonds is 6. The van der Waals surface area contributed by atoms with Crippen LogP contribution in [0.25, 0.3) is 0 Å². The van der Waals surface area contributed by atoms with E-state index in [9.17, 15) is 0 Å². The number of H-pyrrole nitrogens is 1. The molecule has 0 aliphatic rings. The third kappa shape index (κ3) is 20.0. The van der Waals surface area contributed by atoms with Gasteiger partial charge in [-0.3, -0.25) is 0 Å². The summed E-state index contributed by atoms with van der Waals surface area (Å²) in [4.78, 5) is 8.32. The van der Waals surface area contributed by atoms with Crippen molar-refractivity contribution in [1.82, 2.24) is 9.97 Å². The van der Waals surface area contributed by atoms with Crippen LogP contribution in [-0.4, -0.2) is 16.6 Å². The number of ether oxygens (including phenoxy) is 1. The van der Waals surface area contributed by atoms with Crippen molar-refractivity contribution in [2.24, 2.45) is 0 Å². The van der Waals surface area contributed by atoms with Crippen molar-refractivity contribution >= 4 is 11.3 Å². The Morgan fingerprint density at radius 1 is 1.06 bits per heavy atom. The molecule has 0 spiro atoms. The first-order valence-electron chi connectivity index (χ1n) is 12.2. The van der Waals surface area contributed by atoms with Crippen molar-refractivity contribution < 1.29 is 4.74 Å². The van der Waals surface area contributed by atoms with Crippen LogP contribution in [0.2, 0.25) is 0 Å². The lowest BCUT2D eigenvalue weighted by Crippen LogP contribution is -1.96. The van der Waals surface area contributed by atoms with E-state index < -0.39 is 0 Å². The van der Waals surface area contributed by atoms with Gasteiger partial charge in [-0.25, -0.2) is 4.98 Å². The Morgan fingerprint density at radius 3 is 2.12 bits per heavy atom. The average molecular weight is 473 g/mol. The van der Waals surface area contributed by atoms with E-state index in [-0.39, 0.29) is 0 Å². The van der Waals surface area contributed by atoms with Gasteiger partial charge < -0.3 is 9.72 Å². The molecule has 0 aliphatic carbocycles. The number of hydrogen-bond donors (Lipinski definition) is 1. The number of nitrogens with zero attached hydrogens (tertiary/aromatic N) is 1. The predicted octanol–water partition coefficient (Wildman–Crippen LogP) is 9.37. The maximum absolute atomic E-state index is 5.54. The summed E-state index contributed by atoms with van der Waals surface area (Å²) in [6, 6.07) is 10.6. The second-order valence-corrected chi connectivity index (χ2v) is 8.62. The Bertz CT molecular complexity index is 789. The molecule has 0 atom stereocenters. The van der Waals surface area contributed by atoms with Crippen LogP contribution in [0.4, 0.5) is 0 Å². The van der Waals surface area contributed by atoms with E-state index in [2.05, 4.69) is 80.8 Å². The van der Waals surface area contributed by atoms with Gasteiger partial charge in [-0.15, -0.1) is 17.9 Å². The van der Waals surface area contributed by atoms with Crippen LogP contribution in [0.3, 0.4) is 0 Å². The number of imidazole rings is 1. The highest BCUT2D eigenvalue weighted by Gasteiger charge is 1.97. The van der Waals surface area contributed by atoms with Crippen molar-refractivity contribution in [2.45, 2.75) is 88.0 Å². The second kappa shape index (κ2) is 22.8. The van der Waals surface area contributed by atoms with Crippen molar-refractivity contribution in [1.29, 1.82) is 0 Å². The molecule has 0 fully saturated rings. The fourth-order valence-corrected chi connectivity index (χ4v) is 3.16. The van der Waals surface area contributed by atoms with Crippen LogP contribution in [0, 0.1) is 13.8 Å². The fraction of sp³-hybridized carbons (Fsp3) is 0.483. The zero-order valence-electron chi connectivity index (χ0n) is 22.6. The highest BCUT2D eigenvalue weighted by molar-refractivity contribution is 7.09. The molecule has 186 valence electrons. The topological polar surface area (TPSA) is 37.9 Å². The first-order chi connectivity index (χ1) is 15.8. The summed E-state index contributed by atoms with van der Waals surface area (Å²) in [5.74, 6) is 1.02. The minimum absolute atomic E-state index is 0.809. The lowest BCUT2D eigenvalue weighted by Gasteiger charge is -2.07. The van der Waals surface area contributed by atoms with Crippen molar-refractivity contribution in [3.8, 4) is 5.75 Å². The molecule has 0 radical (unpaired) electrons. The molecule has 1 N–H and O–H groups in total. The molecular formula is C29H48N2OS. The van der Waals surface area contributed by atoms with Crippen LogP contribution in [-0.2, 0) is 12.8 Å². The predicted molar refractivity (Wildman–Crippen MR) is 150 cm³/mol. The second-order valence-electron chi connectivity index (χ2n) is 7.58. The molecule has 0 saturated carbocycles. The molecule has 33 heavy (non-hydrogen) atoms. The summed E-state index contributed by atoms with van der Waals surface area (Å²) in [5.41, 5.74) is 4.87. The van der Waals surface area contributed by atoms with Gasteiger partial charge in [0.2, 0.25) is 0 Å².